The van der Waals surface area contributed by atoms with Crippen LogP contribution in [0, 0.1) is 11.6 Å². The Kier molecular flexibility index (Phi) is 3.84. The minimum absolute atomic E-state index is 0.0334. The normalized spacial score (nSPS) is 10.8. The second-order valence-electron chi connectivity index (χ2n) is 5.07. The van der Waals surface area contributed by atoms with Gasteiger partial charge in [0.15, 0.2) is 5.82 Å². The van der Waals surface area contributed by atoms with Gasteiger partial charge in [-0.2, -0.15) is 0 Å². The molecule has 0 spiro atoms. The van der Waals surface area contributed by atoms with Crippen LogP contribution >= 0.6 is 0 Å². The van der Waals surface area contributed by atoms with Crippen LogP contribution in [0.4, 0.5) is 8.78 Å². The van der Waals surface area contributed by atoms with E-state index in [1.54, 1.807) is 0 Å². The van der Waals surface area contributed by atoms with Crippen molar-refractivity contribution in [3.8, 4) is 22.8 Å². The zero-order valence-electron chi connectivity index (χ0n) is 12.8. The van der Waals surface area contributed by atoms with E-state index in [4.69, 9.17) is 10.5 Å². The van der Waals surface area contributed by atoms with Crippen LogP contribution in [0.25, 0.3) is 22.3 Å². The van der Waals surface area contributed by atoms with Crippen LogP contribution in [0.2, 0.25) is 0 Å². The number of aromatic amines is 1. The number of ether oxygens (including phenoxy) is 1. The maximum absolute atomic E-state index is 14.5. The molecule has 7 nitrogen and oxygen atoms in total. The third kappa shape index (κ3) is 2.55. The average Bonchev–Trinajstić information content (AvgIpc) is 2.55. The molecule has 2 aromatic heterocycles. The Hall–Kier alpha value is -3.49. The Labute approximate surface area is 138 Å². The van der Waals surface area contributed by atoms with Gasteiger partial charge in [-0.05, 0) is 18.2 Å². The van der Waals surface area contributed by atoms with Crippen molar-refractivity contribution in [2.75, 3.05) is 7.11 Å². The van der Waals surface area contributed by atoms with Crippen LogP contribution in [0.3, 0.4) is 0 Å². The highest BCUT2D eigenvalue weighted by Gasteiger charge is 2.22. The van der Waals surface area contributed by atoms with E-state index in [9.17, 15) is 23.5 Å². The fourth-order valence-corrected chi connectivity index (χ4v) is 2.49. The number of carbonyl (C=O) groups is 1. The van der Waals surface area contributed by atoms with Crippen LogP contribution < -0.4 is 16.0 Å². The van der Waals surface area contributed by atoms with Gasteiger partial charge < -0.3 is 20.6 Å². The smallest absolute Gasteiger partial charge is 0.266 e. The van der Waals surface area contributed by atoms with Crippen LogP contribution in [0.5, 0.6) is 11.5 Å². The summed E-state index contributed by atoms with van der Waals surface area (Å²) in [4.78, 5) is 29.2. The molecule has 25 heavy (non-hydrogen) atoms. The van der Waals surface area contributed by atoms with E-state index >= 15 is 0 Å². The topological polar surface area (TPSA) is 118 Å². The number of primary amides is 1. The van der Waals surface area contributed by atoms with Gasteiger partial charge in [0.1, 0.15) is 34.2 Å². The lowest BCUT2D eigenvalue weighted by Gasteiger charge is -2.11. The molecular formula is C16H11F2N3O4. The highest BCUT2D eigenvalue weighted by molar-refractivity contribution is 6.00. The molecule has 0 bridgehead atoms. The minimum atomic E-state index is -1.18. The van der Waals surface area contributed by atoms with Gasteiger partial charge in [-0.3, -0.25) is 9.59 Å². The van der Waals surface area contributed by atoms with E-state index in [1.165, 1.54) is 19.2 Å². The lowest BCUT2D eigenvalue weighted by atomic mass is 10.1. The number of pyridine rings is 2. The number of aromatic nitrogens is 2. The first-order valence-corrected chi connectivity index (χ1v) is 6.93. The number of H-pyrrole nitrogens is 1. The van der Waals surface area contributed by atoms with Gasteiger partial charge in [0.25, 0.3) is 11.5 Å². The predicted molar refractivity (Wildman–Crippen MR) is 84.5 cm³/mol. The van der Waals surface area contributed by atoms with Crippen molar-refractivity contribution in [2.24, 2.45) is 5.73 Å². The van der Waals surface area contributed by atoms with Crippen LogP contribution in [-0.4, -0.2) is 28.1 Å². The minimum Gasteiger partial charge on any atom is -0.506 e. The lowest BCUT2D eigenvalue weighted by molar-refractivity contribution is 0.0996. The first-order chi connectivity index (χ1) is 11.8. The zero-order chi connectivity index (χ0) is 18.3. The average molecular weight is 347 g/mol. The number of amides is 1. The monoisotopic (exact) mass is 347 g/mol. The molecule has 0 saturated heterocycles. The summed E-state index contributed by atoms with van der Waals surface area (Å²) < 4.78 is 33.7. The highest BCUT2D eigenvalue weighted by atomic mass is 19.1. The molecule has 1 amide bonds. The Bertz CT molecular complexity index is 1080. The van der Waals surface area contributed by atoms with Gasteiger partial charge in [0, 0.05) is 0 Å². The third-order valence-corrected chi connectivity index (χ3v) is 3.61. The predicted octanol–water partition coefficient (Wildman–Crippen LogP) is 1.68. The number of nitrogens with one attached hydrogen (secondary N) is 1. The van der Waals surface area contributed by atoms with Crippen molar-refractivity contribution < 1.29 is 23.4 Å². The fourth-order valence-electron chi connectivity index (χ4n) is 2.49. The van der Waals surface area contributed by atoms with E-state index in [2.05, 4.69) is 9.97 Å². The zero-order valence-corrected chi connectivity index (χ0v) is 12.8. The molecule has 0 unspecified atom stereocenters. The standard InChI is InChI=1S/C16H11F2N3O4/c1-25-9-4-2-3-7(17)10(9)12-8(18)5-6-13(22)11(14(19)23)16(24)21-15(6)20-12/h2-5H,1H3,(H2,19,23)(H2,20,21,22,24). The number of carbonyl (C=O) groups excluding carboxylic acids is 1. The SMILES string of the molecule is COc1cccc(F)c1-c1nc2[nH]c(=O)c(C(N)=O)c(O)c2cc1F. The second kappa shape index (κ2) is 5.86. The third-order valence-electron chi connectivity index (χ3n) is 3.61. The van der Waals surface area contributed by atoms with E-state index in [0.29, 0.717) is 0 Å². The molecule has 0 atom stereocenters. The molecule has 0 saturated carbocycles. The number of halogens is 2. The van der Waals surface area contributed by atoms with E-state index in [1.807, 2.05) is 0 Å². The van der Waals surface area contributed by atoms with E-state index in [-0.39, 0.29) is 22.3 Å². The first-order valence-electron chi connectivity index (χ1n) is 6.93. The molecule has 1 aromatic carbocycles. The molecule has 0 fully saturated rings. The summed E-state index contributed by atoms with van der Waals surface area (Å²) in [6.07, 6.45) is 0. The molecule has 0 radical (unpaired) electrons. The summed E-state index contributed by atoms with van der Waals surface area (Å²) in [6.45, 7) is 0. The van der Waals surface area contributed by atoms with Crippen LogP contribution in [0.1, 0.15) is 10.4 Å². The van der Waals surface area contributed by atoms with Crippen molar-refractivity contribution >= 4 is 16.9 Å². The van der Waals surface area contributed by atoms with Crippen molar-refractivity contribution in [1.82, 2.24) is 9.97 Å². The van der Waals surface area contributed by atoms with Crippen LogP contribution in [0.15, 0.2) is 29.1 Å². The molecule has 0 aliphatic heterocycles. The summed E-state index contributed by atoms with van der Waals surface area (Å²) in [5.74, 6) is -3.73. The van der Waals surface area contributed by atoms with Crippen molar-refractivity contribution in [2.45, 2.75) is 0 Å². The number of hydrogen-bond donors (Lipinski definition) is 3. The molecule has 0 aliphatic carbocycles. The number of nitrogens with zero attached hydrogens (tertiary/aromatic N) is 1. The Morgan fingerprint density at radius 1 is 1.32 bits per heavy atom. The van der Waals surface area contributed by atoms with Crippen molar-refractivity contribution in [3.63, 3.8) is 0 Å². The molecule has 3 aromatic rings. The number of aromatic hydroxyl groups is 1. The molecule has 3 rings (SSSR count). The number of rotatable bonds is 3. The maximum atomic E-state index is 14.5. The summed E-state index contributed by atoms with van der Waals surface area (Å²) in [6, 6.07) is 4.71. The van der Waals surface area contributed by atoms with Gasteiger partial charge in [0.05, 0.1) is 18.1 Å². The number of hydrogen-bond acceptors (Lipinski definition) is 5. The molecule has 128 valence electrons. The molecule has 0 aliphatic rings. The van der Waals surface area contributed by atoms with Crippen molar-refractivity contribution in [1.29, 1.82) is 0 Å². The fraction of sp³-hybridized carbons (Fsp3) is 0.0625. The number of benzene rings is 1. The number of nitrogens with two attached hydrogens (primary N) is 1. The first kappa shape index (κ1) is 16.4. The van der Waals surface area contributed by atoms with Gasteiger partial charge >= 0.3 is 0 Å². The number of fused-ring (bicyclic) bond motifs is 1. The molecular weight excluding hydrogens is 336 g/mol. The summed E-state index contributed by atoms with van der Waals surface area (Å²) in [7, 11) is 1.28. The van der Waals surface area contributed by atoms with Gasteiger partial charge in [0.2, 0.25) is 0 Å². The Morgan fingerprint density at radius 3 is 2.68 bits per heavy atom. The summed E-state index contributed by atoms with van der Waals surface area (Å²) >= 11 is 0. The number of methoxy groups -OCH3 is 1. The summed E-state index contributed by atoms with van der Waals surface area (Å²) in [5, 5.41) is 9.77. The van der Waals surface area contributed by atoms with E-state index in [0.717, 1.165) is 12.1 Å². The largest absolute Gasteiger partial charge is 0.506 e. The van der Waals surface area contributed by atoms with Gasteiger partial charge in [-0.25, -0.2) is 13.8 Å². The Morgan fingerprint density at radius 2 is 2.04 bits per heavy atom. The lowest BCUT2D eigenvalue weighted by Crippen LogP contribution is -2.24. The Balaban J connectivity index is 2.38. The van der Waals surface area contributed by atoms with Gasteiger partial charge in [-0.1, -0.05) is 6.07 Å². The maximum Gasteiger partial charge on any atom is 0.266 e. The molecule has 2 heterocycles. The quantitative estimate of drug-likeness (QED) is 0.666. The van der Waals surface area contributed by atoms with Crippen molar-refractivity contribution in [3.05, 3.63) is 51.8 Å². The van der Waals surface area contributed by atoms with Crippen LogP contribution in [-0.2, 0) is 0 Å². The molecule has 4 N–H and O–H groups in total. The molecule has 9 heteroatoms. The van der Waals surface area contributed by atoms with Gasteiger partial charge in [-0.15, -0.1) is 0 Å². The van der Waals surface area contributed by atoms with E-state index < -0.39 is 40.1 Å². The second-order valence-corrected chi connectivity index (χ2v) is 5.07. The highest BCUT2D eigenvalue weighted by Crippen LogP contribution is 2.35. The summed E-state index contributed by atoms with van der Waals surface area (Å²) in [5.41, 5.74) is 2.39.